The minimum Gasteiger partial charge on any atom is -0.379 e. The quantitative estimate of drug-likeness (QED) is 0.708. The van der Waals surface area contributed by atoms with Crippen LogP contribution in [-0.4, -0.2) is 5.78 Å². The van der Waals surface area contributed by atoms with Gasteiger partial charge >= 0.3 is 0 Å². The molecule has 0 aliphatic heterocycles. The average Bonchev–Trinajstić information content (AvgIpc) is 2.15. The van der Waals surface area contributed by atoms with Gasteiger partial charge in [-0.3, -0.25) is 4.79 Å². The predicted octanol–water partition coefficient (Wildman–Crippen LogP) is 1.88. The van der Waals surface area contributed by atoms with Gasteiger partial charge in [0, 0.05) is 13.5 Å². The van der Waals surface area contributed by atoms with E-state index < -0.39 is 0 Å². The molecule has 0 aliphatic rings. The Morgan fingerprint density at radius 3 is 2.54 bits per heavy atom. The van der Waals surface area contributed by atoms with Crippen molar-refractivity contribution >= 4 is 5.78 Å². The Morgan fingerprint density at radius 1 is 1.38 bits per heavy atom. The molecule has 0 atom stereocenters. The summed E-state index contributed by atoms with van der Waals surface area (Å²) in [6, 6.07) is 9.89. The highest BCUT2D eigenvalue weighted by atomic mass is 16.1. The van der Waals surface area contributed by atoms with Crippen LogP contribution in [0.25, 0.3) is 0 Å². The van der Waals surface area contributed by atoms with Crippen molar-refractivity contribution in [3.05, 3.63) is 48.2 Å². The standard InChI is InChI=1S/C11H13NO/c1-9(10(2)13)12-8-11-6-4-3-5-7-11/h3-7,12H,1,8H2,2H3. The third-order valence-electron chi connectivity index (χ3n) is 1.77. The monoisotopic (exact) mass is 175 g/mol. The van der Waals surface area contributed by atoms with E-state index in [1.165, 1.54) is 6.92 Å². The number of hydrogen-bond acceptors (Lipinski definition) is 2. The minimum absolute atomic E-state index is 0.0177. The molecule has 13 heavy (non-hydrogen) atoms. The molecule has 1 aromatic carbocycles. The molecule has 0 saturated heterocycles. The molecular weight excluding hydrogens is 162 g/mol. The Labute approximate surface area is 78.3 Å². The van der Waals surface area contributed by atoms with Crippen molar-refractivity contribution in [3.63, 3.8) is 0 Å². The van der Waals surface area contributed by atoms with Gasteiger partial charge in [-0.25, -0.2) is 0 Å². The fourth-order valence-electron chi connectivity index (χ4n) is 0.929. The molecule has 2 heteroatoms. The Balaban J connectivity index is 2.44. The molecule has 0 radical (unpaired) electrons. The van der Waals surface area contributed by atoms with Crippen molar-refractivity contribution in [2.75, 3.05) is 0 Å². The number of benzene rings is 1. The van der Waals surface area contributed by atoms with Gasteiger partial charge in [0.05, 0.1) is 5.70 Å². The summed E-state index contributed by atoms with van der Waals surface area (Å²) in [4.78, 5) is 10.8. The second-order valence-corrected chi connectivity index (χ2v) is 2.87. The summed E-state index contributed by atoms with van der Waals surface area (Å²) in [5, 5.41) is 2.95. The first kappa shape index (κ1) is 9.52. The van der Waals surface area contributed by atoms with Gasteiger partial charge in [0.2, 0.25) is 0 Å². The molecule has 1 aromatic rings. The molecule has 0 amide bonds. The topological polar surface area (TPSA) is 29.1 Å². The van der Waals surface area contributed by atoms with Crippen molar-refractivity contribution < 1.29 is 4.79 Å². The third kappa shape index (κ3) is 3.11. The van der Waals surface area contributed by atoms with Crippen LogP contribution >= 0.6 is 0 Å². The largest absolute Gasteiger partial charge is 0.379 e. The minimum atomic E-state index is -0.0177. The smallest absolute Gasteiger partial charge is 0.174 e. The van der Waals surface area contributed by atoms with E-state index in [0.29, 0.717) is 12.2 Å². The molecule has 0 aliphatic carbocycles. The summed E-state index contributed by atoms with van der Waals surface area (Å²) in [5.41, 5.74) is 1.61. The van der Waals surface area contributed by atoms with Crippen LogP contribution in [0.2, 0.25) is 0 Å². The van der Waals surface area contributed by atoms with Crippen LogP contribution in [0.4, 0.5) is 0 Å². The van der Waals surface area contributed by atoms with Gasteiger partial charge < -0.3 is 5.32 Å². The molecule has 0 fully saturated rings. The maximum Gasteiger partial charge on any atom is 0.174 e. The van der Waals surface area contributed by atoms with Crippen LogP contribution in [0, 0.1) is 0 Å². The summed E-state index contributed by atoms with van der Waals surface area (Å²) in [5.74, 6) is -0.0177. The summed E-state index contributed by atoms with van der Waals surface area (Å²) in [6.07, 6.45) is 0. The lowest BCUT2D eigenvalue weighted by Crippen LogP contribution is -2.16. The number of allylic oxidation sites excluding steroid dienone is 1. The number of nitrogens with one attached hydrogen (secondary N) is 1. The van der Waals surface area contributed by atoms with Crippen molar-refractivity contribution in [1.29, 1.82) is 0 Å². The first-order valence-electron chi connectivity index (χ1n) is 4.18. The van der Waals surface area contributed by atoms with E-state index in [-0.39, 0.29) is 5.78 Å². The van der Waals surface area contributed by atoms with Crippen LogP contribution < -0.4 is 5.32 Å². The lowest BCUT2D eigenvalue weighted by molar-refractivity contribution is -0.113. The van der Waals surface area contributed by atoms with Crippen LogP contribution in [0.3, 0.4) is 0 Å². The Hall–Kier alpha value is -1.57. The van der Waals surface area contributed by atoms with E-state index in [1.54, 1.807) is 0 Å². The second-order valence-electron chi connectivity index (χ2n) is 2.87. The first-order chi connectivity index (χ1) is 6.20. The van der Waals surface area contributed by atoms with E-state index >= 15 is 0 Å². The van der Waals surface area contributed by atoms with E-state index in [1.807, 2.05) is 30.3 Å². The SMILES string of the molecule is C=C(NCc1ccccc1)C(C)=O. The lowest BCUT2D eigenvalue weighted by atomic mass is 10.2. The predicted molar refractivity (Wildman–Crippen MR) is 53.1 cm³/mol. The van der Waals surface area contributed by atoms with Crippen molar-refractivity contribution in [3.8, 4) is 0 Å². The number of Topliss-reactive ketones (excluding diaryl/α,β-unsaturated/α-hetero) is 1. The maximum absolute atomic E-state index is 10.8. The molecule has 0 bridgehead atoms. The molecule has 0 aromatic heterocycles. The molecule has 1 rings (SSSR count). The van der Waals surface area contributed by atoms with Gasteiger partial charge in [-0.05, 0) is 5.56 Å². The van der Waals surface area contributed by atoms with Gasteiger partial charge in [0.15, 0.2) is 5.78 Å². The Morgan fingerprint density at radius 2 is 2.00 bits per heavy atom. The zero-order chi connectivity index (χ0) is 9.68. The number of rotatable bonds is 4. The zero-order valence-corrected chi connectivity index (χ0v) is 7.71. The van der Waals surface area contributed by atoms with Crippen LogP contribution in [0.5, 0.6) is 0 Å². The Kier molecular flexibility index (Phi) is 3.26. The second kappa shape index (κ2) is 4.45. The normalized spacial score (nSPS) is 9.31. The van der Waals surface area contributed by atoms with Gasteiger partial charge in [0.25, 0.3) is 0 Å². The molecule has 2 nitrogen and oxygen atoms in total. The highest BCUT2D eigenvalue weighted by Crippen LogP contribution is 1.98. The molecule has 0 saturated carbocycles. The van der Waals surface area contributed by atoms with Crippen LogP contribution in [0.1, 0.15) is 12.5 Å². The van der Waals surface area contributed by atoms with Crippen LogP contribution in [0.15, 0.2) is 42.6 Å². The molecule has 0 unspecified atom stereocenters. The van der Waals surface area contributed by atoms with Crippen molar-refractivity contribution in [2.24, 2.45) is 0 Å². The van der Waals surface area contributed by atoms with Gasteiger partial charge in [-0.1, -0.05) is 36.9 Å². The summed E-state index contributed by atoms with van der Waals surface area (Å²) < 4.78 is 0. The highest BCUT2D eigenvalue weighted by Gasteiger charge is 1.98. The maximum atomic E-state index is 10.8. The van der Waals surface area contributed by atoms with Crippen molar-refractivity contribution in [1.82, 2.24) is 5.32 Å². The highest BCUT2D eigenvalue weighted by molar-refractivity contribution is 5.91. The molecule has 0 spiro atoms. The number of ketones is 1. The number of carbonyl (C=O) groups excluding carboxylic acids is 1. The van der Waals surface area contributed by atoms with E-state index in [4.69, 9.17) is 0 Å². The summed E-state index contributed by atoms with van der Waals surface area (Å²) >= 11 is 0. The summed E-state index contributed by atoms with van der Waals surface area (Å²) in [6.45, 7) is 5.76. The molecule has 1 N–H and O–H groups in total. The zero-order valence-electron chi connectivity index (χ0n) is 7.71. The fourth-order valence-corrected chi connectivity index (χ4v) is 0.929. The van der Waals surface area contributed by atoms with E-state index in [2.05, 4.69) is 11.9 Å². The molecule has 0 heterocycles. The van der Waals surface area contributed by atoms with E-state index in [9.17, 15) is 4.79 Å². The van der Waals surface area contributed by atoms with E-state index in [0.717, 1.165) is 5.56 Å². The third-order valence-corrected chi connectivity index (χ3v) is 1.77. The Bertz CT molecular complexity index is 303. The number of carbonyl (C=O) groups is 1. The summed E-state index contributed by atoms with van der Waals surface area (Å²) in [7, 11) is 0. The van der Waals surface area contributed by atoms with Gasteiger partial charge in [-0.2, -0.15) is 0 Å². The molecular formula is C11H13NO. The molecule has 68 valence electrons. The lowest BCUT2D eigenvalue weighted by Gasteiger charge is -2.05. The average molecular weight is 175 g/mol. The van der Waals surface area contributed by atoms with Crippen LogP contribution in [-0.2, 0) is 11.3 Å². The van der Waals surface area contributed by atoms with Gasteiger partial charge in [-0.15, -0.1) is 0 Å². The number of hydrogen-bond donors (Lipinski definition) is 1. The van der Waals surface area contributed by atoms with Crippen molar-refractivity contribution in [2.45, 2.75) is 13.5 Å². The first-order valence-corrected chi connectivity index (χ1v) is 4.18. The fraction of sp³-hybridized carbons (Fsp3) is 0.182. The van der Waals surface area contributed by atoms with Gasteiger partial charge in [0.1, 0.15) is 0 Å².